The van der Waals surface area contributed by atoms with Gasteiger partial charge in [0.2, 0.25) is 0 Å². The highest BCUT2D eigenvalue weighted by Gasteiger charge is 2.21. The zero-order valence-electron chi connectivity index (χ0n) is 51.2. The number of pyridine rings is 2. The molecule has 16 nitrogen and oxygen atoms in total. The van der Waals surface area contributed by atoms with Crippen molar-refractivity contribution in [2.24, 2.45) is 0 Å². The van der Waals surface area contributed by atoms with E-state index < -0.39 is 17.3 Å². The number of nitro benzene ring substituents is 2. The third kappa shape index (κ3) is 31.4. The summed E-state index contributed by atoms with van der Waals surface area (Å²) >= 11 is 20.2. The number of aryl methyl sites for hydroxylation is 4. The molecule has 10 rings (SSSR count). The number of hydrogen-bond donors (Lipinski definition) is 3. The maximum absolute atomic E-state index is 12.4. The number of anilines is 5. The van der Waals surface area contributed by atoms with Gasteiger partial charge in [-0.1, -0.05) is 81.8 Å². The van der Waals surface area contributed by atoms with Crippen LogP contribution in [0.25, 0.3) is 0 Å². The molecule has 2 aromatic heterocycles. The van der Waals surface area contributed by atoms with Gasteiger partial charge in [0, 0.05) is 94.4 Å². The van der Waals surface area contributed by atoms with Crippen LogP contribution >= 0.6 is 58.8 Å². The van der Waals surface area contributed by atoms with E-state index in [-0.39, 0.29) is 52.4 Å². The fraction of sp³-hybridized carbons (Fsp3) is 0.446. The molecule has 5 heterocycles. The van der Waals surface area contributed by atoms with Gasteiger partial charge < -0.3 is 30.9 Å². The molecule has 0 bridgehead atoms. The summed E-state index contributed by atoms with van der Waals surface area (Å²) in [7, 11) is 0. The van der Waals surface area contributed by atoms with Crippen LogP contribution in [0.1, 0.15) is 148 Å². The molecule has 6 aromatic rings. The number of rotatable bonds is 8. The molecule has 1 aliphatic carbocycles. The molecule has 3 saturated heterocycles. The molecule has 480 valence electrons. The third-order valence-electron chi connectivity index (χ3n) is 13.6. The van der Waals surface area contributed by atoms with Gasteiger partial charge in [-0.15, -0.1) is 35.6 Å². The number of nitrogen functional groups attached to an aromatic ring is 1. The molecule has 3 aliphatic heterocycles. The number of aliphatic hydroxyl groups is 1. The number of carbonyl (C=O) groups excluding carboxylic acids is 2. The van der Waals surface area contributed by atoms with Crippen LogP contribution in [0.2, 0.25) is 5.02 Å². The fourth-order valence-corrected chi connectivity index (χ4v) is 9.76. The number of benzene rings is 4. The van der Waals surface area contributed by atoms with Crippen molar-refractivity contribution < 1.29 is 30.3 Å². The Balaban J connectivity index is 0.00000104. The average Bonchev–Trinajstić information content (AvgIpc) is 1.82. The van der Waals surface area contributed by atoms with Crippen LogP contribution in [0.4, 0.5) is 44.2 Å². The molecule has 0 atom stereocenters. The topological polar surface area (TPSA) is 214 Å². The van der Waals surface area contributed by atoms with Crippen molar-refractivity contribution in [2.45, 2.75) is 131 Å². The second-order valence-corrected chi connectivity index (χ2v) is 21.7. The van der Waals surface area contributed by atoms with Crippen LogP contribution in [-0.4, -0.2) is 94.9 Å². The Bertz CT molecular complexity index is 2880. The molecule has 87 heavy (non-hydrogen) atoms. The second-order valence-electron chi connectivity index (χ2n) is 20.1. The van der Waals surface area contributed by atoms with Crippen molar-refractivity contribution in [2.75, 3.05) is 84.6 Å². The predicted molar refractivity (Wildman–Crippen MR) is 366 cm³/mol. The number of aliphatic hydroxyl groups excluding tert-OH is 1. The van der Waals surface area contributed by atoms with Crippen molar-refractivity contribution in [1.82, 2.24) is 9.97 Å². The smallest absolute Gasteiger partial charge is 0.292 e. The number of hydrogen-bond acceptors (Lipinski definition) is 13. The number of carbonyl (C=O) groups is 2. The molecule has 4 fully saturated rings. The summed E-state index contributed by atoms with van der Waals surface area (Å²) in [6.07, 6.45) is 26.5. The molecule has 1 amide bonds. The minimum Gasteiger partial charge on any atom is -0.400 e. The number of nitrogens with two attached hydrogens (primary N) is 1. The normalized spacial score (nSPS) is 13.7. The van der Waals surface area contributed by atoms with Gasteiger partial charge in [-0.3, -0.25) is 44.2 Å². The van der Waals surface area contributed by atoms with Crippen LogP contribution in [-0.2, 0) is 0 Å². The zero-order valence-corrected chi connectivity index (χ0v) is 54.1. The highest BCUT2D eigenvalue weighted by atomic mass is 35.5. The van der Waals surface area contributed by atoms with Gasteiger partial charge in [0.1, 0.15) is 10.7 Å². The molecule has 22 heteroatoms. The summed E-state index contributed by atoms with van der Waals surface area (Å²) in [5.41, 5.74) is 16.4. The molecule has 0 radical (unpaired) electrons. The number of nitrogens with one attached hydrogen (secondary N) is 1. The zero-order chi connectivity index (χ0) is 63.7. The molecule has 1 saturated carbocycles. The SMILES string of the molecule is C.C1CCCCC1.CO.Cc1ccc(Cl)c([N+](=O)[O-])c1.Cc1ccc(N2CCCCC2)c(N)c1.Cc1ccc(N2CCCCC2)c(NC(=O)c2ccncc2)c1.Cc1ccc(N2CCCCC2)c([N+](=O)[O-])c1.Cl.ClCCl.O=C(Cl)c1ccncc1.[2H]CF. The van der Waals surface area contributed by atoms with E-state index >= 15 is 0 Å². The summed E-state index contributed by atoms with van der Waals surface area (Å²) < 4.78 is 15.5. The summed E-state index contributed by atoms with van der Waals surface area (Å²) in [6, 6.07) is 29.4. The predicted octanol–water partition coefficient (Wildman–Crippen LogP) is 18.1. The number of nitro groups is 2. The lowest BCUT2D eigenvalue weighted by atomic mass is 10.0. The Kier molecular flexibility index (Phi) is 43.1. The molecule has 0 spiro atoms. The summed E-state index contributed by atoms with van der Waals surface area (Å²) in [4.78, 5) is 57.9. The van der Waals surface area contributed by atoms with E-state index in [2.05, 4.69) is 67.2 Å². The molecular formula is C65H91Cl5FN9O7. The highest BCUT2D eigenvalue weighted by molar-refractivity contribution is 6.67. The molecule has 4 N–H and O–H groups in total. The quantitative estimate of drug-likeness (QED) is 0.0426. The van der Waals surface area contributed by atoms with E-state index in [1.165, 1.54) is 119 Å². The fourth-order valence-electron chi connectivity index (χ4n) is 9.44. The summed E-state index contributed by atoms with van der Waals surface area (Å²) in [5, 5.41) is 31.3. The number of amides is 1. The molecular weight excluding hydrogens is 1220 g/mol. The van der Waals surface area contributed by atoms with Crippen molar-refractivity contribution in [3.05, 3.63) is 180 Å². The Morgan fingerprint density at radius 1 is 0.575 bits per heavy atom. The van der Waals surface area contributed by atoms with Crippen molar-refractivity contribution in [3.63, 3.8) is 0 Å². The van der Waals surface area contributed by atoms with Crippen LogP contribution in [0.5, 0.6) is 0 Å². The third-order valence-corrected chi connectivity index (χ3v) is 14.2. The summed E-state index contributed by atoms with van der Waals surface area (Å²) in [6.45, 7) is 14.1. The van der Waals surface area contributed by atoms with Crippen LogP contribution in [0, 0.1) is 47.9 Å². The van der Waals surface area contributed by atoms with E-state index in [1.807, 2.05) is 32.0 Å². The standard InChI is InChI=1S/C18H21N3O.C12H16N2O2.C12H18N2.C7H6ClNO2.C6H4ClNO.C6H12.CH2Cl2.CH3F.CH4O.CH4.ClH/c1-14-5-6-17(21-11-3-2-4-12-21)16(13-14)20-18(22)15-7-9-19-10-8-15;1-10-5-6-11(12(9-10)14(15)16)13-7-3-2-4-8-13;1-10-5-6-12(11(13)9-10)14-7-3-2-4-8-14;1-5-2-3-6(8)7(4-5)9(10)11;7-6(9)5-1-3-8-4-2-5;1-2-4-6-5-3-1;2-1-3;2*1-2;;/h5-10,13H,2-4,11-12H2,1H3,(H,20,22);5-6,9H,2-4,7-8H2,1H3;5-6,9H,2-4,7-8,13H2,1H3;2-4H,1H3;1-4H;1-6H2;1H2;1H3;2H,1H3;1H4;1H/i;;;;;;;1D;;;. The van der Waals surface area contributed by atoms with Gasteiger partial charge >= 0.3 is 0 Å². The minimum absolute atomic E-state index is 0. The van der Waals surface area contributed by atoms with Crippen LogP contribution in [0.3, 0.4) is 0 Å². The van der Waals surface area contributed by atoms with Crippen molar-refractivity contribution >= 4 is 110 Å². The first kappa shape index (κ1) is 78.7. The van der Waals surface area contributed by atoms with Crippen molar-refractivity contribution in [3.8, 4) is 0 Å². The Morgan fingerprint density at radius 2 is 0.897 bits per heavy atom. The average molecular weight is 1310 g/mol. The summed E-state index contributed by atoms with van der Waals surface area (Å²) in [5.74, 6) is -0.0914. The maximum atomic E-state index is 12.4. The van der Waals surface area contributed by atoms with Gasteiger partial charge in [0.05, 0.1) is 46.5 Å². The van der Waals surface area contributed by atoms with Gasteiger partial charge in [-0.05, 0) is 180 Å². The highest BCUT2D eigenvalue weighted by Crippen LogP contribution is 2.33. The first-order valence-electron chi connectivity index (χ1n) is 29.2. The van der Waals surface area contributed by atoms with E-state index in [9.17, 15) is 34.2 Å². The Morgan fingerprint density at radius 3 is 1.28 bits per heavy atom. The first-order valence-corrected chi connectivity index (χ1v) is 30.4. The number of aromatic nitrogens is 2. The van der Waals surface area contributed by atoms with Gasteiger partial charge in [0.25, 0.3) is 22.5 Å². The maximum Gasteiger partial charge on any atom is 0.292 e. The van der Waals surface area contributed by atoms with E-state index in [0.29, 0.717) is 11.1 Å². The number of nitrogens with zero attached hydrogens (tertiary/aromatic N) is 7. The monoisotopic (exact) mass is 1300 g/mol. The number of alkyl halides is 3. The van der Waals surface area contributed by atoms with E-state index in [4.69, 9.17) is 58.6 Å². The molecule has 4 aromatic carbocycles. The van der Waals surface area contributed by atoms with Gasteiger partial charge in [0.15, 0.2) is 0 Å². The van der Waals surface area contributed by atoms with Crippen LogP contribution < -0.4 is 25.8 Å². The lowest BCUT2D eigenvalue weighted by Gasteiger charge is -2.30. The lowest BCUT2D eigenvalue weighted by molar-refractivity contribution is -0.384. The number of halogens is 6. The van der Waals surface area contributed by atoms with E-state index in [0.717, 1.165) is 98.7 Å². The molecule has 0 unspecified atom stereocenters. The molecule has 4 aliphatic rings. The largest absolute Gasteiger partial charge is 0.400 e. The van der Waals surface area contributed by atoms with Gasteiger partial charge in [-0.2, -0.15) is 0 Å². The Hall–Kier alpha value is -6.34. The van der Waals surface area contributed by atoms with Crippen molar-refractivity contribution in [1.29, 1.82) is 0 Å². The lowest BCUT2D eigenvalue weighted by Crippen LogP contribution is -2.30. The van der Waals surface area contributed by atoms with Gasteiger partial charge in [-0.25, -0.2) is 0 Å². The Labute approximate surface area is 543 Å². The van der Waals surface area contributed by atoms with E-state index in [1.54, 1.807) is 55.7 Å². The first-order chi connectivity index (χ1) is 41.4. The minimum atomic E-state index is -1.00. The van der Waals surface area contributed by atoms with Crippen LogP contribution in [0.15, 0.2) is 122 Å². The second kappa shape index (κ2) is 47.7. The number of piperidine rings is 3.